The van der Waals surface area contributed by atoms with Crippen molar-refractivity contribution in [1.82, 2.24) is 0 Å². The maximum atomic E-state index is 5.64. The summed E-state index contributed by atoms with van der Waals surface area (Å²) < 4.78 is 11.2. The lowest BCUT2D eigenvalue weighted by molar-refractivity contribution is 0.0629. The van der Waals surface area contributed by atoms with E-state index >= 15 is 0 Å². The number of hydrogen-bond acceptors (Lipinski definition) is 2. The van der Waals surface area contributed by atoms with Crippen molar-refractivity contribution in [2.75, 3.05) is 6.79 Å². The summed E-state index contributed by atoms with van der Waals surface area (Å²) in [7, 11) is 0. The largest absolute Gasteiger partial charge is 0.469 e. The first-order valence-electron chi connectivity index (χ1n) is 8.17. The van der Waals surface area contributed by atoms with E-state index in [4.69, 9.17) is 9.47 Å². The predicted molar refractivity (Wildman–Crippen MR) is 90.6 cm³/mol. The van der Waals surface area contributed by atoms with Crippen LogP contribution in [0.25, 0.3) is 6.08 Å². The van der Waals surface area contributed by atoms with Gasteiger partial charge in [-0.3, -0.25) is 0 Å². The average Bonchev–Trinajstić information content (AvgIpc) is 3.24. The van der Waals surface area contributed by atoms with E-state index in [0.29, 0.717) is 12.7 Å². The van der Waals surface area contributed by atoms with E-state index in [1.165, 1.54) is 33.4 Å². The summed E-state index contributed by atoms with van der Waals surface area (Å²) in [5, 5.41) is 0. The minimum atomic E-state index is -0.00513. The molecule has 2 atom stereocenters. The second-order valence-electron chi connectivity index (χ2n) is 6.54. The zero-order valence-electron chi connectivity index (χ0n) is 13.1. The van der Waals surface area contributed by atoms with Crippen molar-refractivity contribution >= 4 is 6.08 Å². The summed E-state index contributed by atoms with van der Waals surface area (Å²) in [5.41, 5.74) is 8.20. The molecule has 0 saturated carbocycles. The molecule has 0 N–H and O–H groups in total. The Morgan fingerprint density at radius 1 is 1.17 bits per heavy atom. The van der Waals surface area contributed by atoms with Crippen LogP contribution >= 0.6 is 0 Å². The molecule has 4 aliphatic rings. The van der Waals surface area contributed by atoms with E-state index in [1.807, 2.05) is 0 Å². The van der Waals surface area contributed by atoms with Gasteiger partial charge in [0.1, 0.15) is 11.9 Å². The highest BCUT2D eigenvalue weighted by atomic mass is 16.7. The maximum absolute atomic E-state index is 5.64. The van der Waals surface area contributed by atoms with Gasteiger partial charge in [-0.05, 0) is 58.9 Å². The molecule has 0 radical (unpaired) electrons. The van der Waals surface area contributed by atoms with E-state index in [2.05, 4.69) is 61.6 Å². The molecule has 2 heteroatoms. The molecule has 5 rings (SSSR count). The van der Waals surface area contributed by atoms with Crippen molar-refractivity contribution < 1.29 is 9.47 Å². The Bertz CT molecular complexity index is 848. The molecule has 1 aromatic carbocycles. The van der Waals surface area contributed by atoms with E-state index in [0.717, 1.165) is 12.2 Å². The molecule has 0 amide bonds. The Kier molecular flexibility index (Phi) is 2.77. The van der Waals surface area contributed by atoms with Gasteiger partial charge in [0.05, 0.1) is 0 Å². The topological polar surface area (TPSA) is 18.5 Å². The molecule has 1 aliphatic heterocycles. The van der Waals surface area contributed by atoms with Gasteiger partial charge in [-0.1, -0.05) is 42.5 Å². The van der Waals surface area contributed by atoms with Crippen molar-refractivity contribution in [2.24, 2.45) is 0 Å². The highest BCUT2D eigenvalue weighted by Crippen LogP contribution is 2.44. The summed E-state index contributed by atoms with van der Waals surface area (Å²) in [6, 6.07) is 8.69. The first kappa shape index (κ1) is 13.1. The van der Waals surface area contributed by atoms with Crippen LogP contribution in [0.2, 0.25) is 0 Å². The molecule has 1 aromatic rings. The third kappa shape index (κ3) is 1.98. The first-order valence-corrected chi connectivity index (χ1v) is 8.17. The van der Waals surface area contributed by atoms with Gasteiger partial charge in [-0.2, -0.15) is 0 Å². The molecule has 23 heavy (non-hydrogen) atoms. The van der Waals surface area contributed by atoms with E-state index in [-0.39, 0.29) is 6.10 Å². The standard InChI is InChI=1S/C21H18O2/c1-13-8-16-10-20-21(23-12-22-20)11-19(16)18(13)9-15-7-6-14-4-2-3-5-17(14)15/h2-8,10-11,15,21H,9,12H2,1H3. The highest BCUT2D eigenvalue weighted by molar-refractivity contribution is 5.68. The van der Waals surface area contributed by atoms with Crippen LogP contribution in [-0.2, 0) is 9.47 Å². The molecule has 1 saturated heterocycles. The highest BCUT2D eigenvalue weighted by Gasteiger charge is 2.32. The van der Waals surface area contributed by atoms with Crippen LogP contribution < -0.4 is 0 Å². The molecule has 2 nitrogen and oxygen atoms in total. The maximum Gasteiger partial charge on any atom is 0.189 e. The third-order valence-corrected chi connectivity index (χ3v) is 5.18. The Labute approximate surface area is 136 Å². The fraction of sp³-hybridized carbons (Fsp3) is 0.238. The minimum Gasteiger partial charge on any atom is -0.469 e. The van der Waals surface area contributed by atoms with Gasteiger partial charge in [0, 0.05) is 5.92 Å². The summed E-state index contributed by atoms with van der Waals surface area (Å²) in [6.07, 6.45) is 12.3. The summed E-state index contributed by atoms with van der Waals surface area (Å²) >= 11 is 0. The van der Waals surface area contributed by atoms with E-state index in [1.54, 1.807) is 0 Å². The van der Waals surface area contributed by atoms with Gasteiger partial charge in [0.2, 0.25) is 0 Å². The van der Waals surface area contributed by atoms with Crippen molar-refractivity contribution in [1.29, 1.82) is 0 Å². The van der Waals surface area contributed by atoms with Gasteiger partial charge < -0.3 is 9.47 Å². The van der Waals surface area contributed by atoms with E-state index in [9.17, 15) is 0 Å². The molecule has 3 aliphatic carbocycles. The molecule has 2 unspecified atom stereocenters. The fourth-order valence-electron chi connectivity index (χ4n) is 3.99. The number of hydrogen-bond donors (Lipinski definition) is 0. The molecule has 114 valence electrons. The number of rotatable bonds is 2. The van der Waals surface area contributed by atoms with Crippen LogP contribution in [0.4, 0.5) is 0 Å². The second kappa shape index (κ2) is 4.84. The number of fused-ring (bicyclic) bond motifs is 3. The quantitative estimate of drug-likeness (QED) is 0.792. The Balaban J connectivity index is 1.47. The normalized spacial score (nSPS) is 27.1. The second-order valence-corrected chi connectivity index (χ2v) is 6.54. The first-order chi connectivity index (χ1) is 11.3. The van der Waals surface area contributed by atoms with Crippen LogP contribution in [0.5, 0.6) is 0 Å². The summed E-state index contributed by atoms with van der Waals surface area (Å²) in [5.74, 6) is 1.41. The van der Waals surface area contributed by atoms with Crippen molar-refractivity contribution in [3.63, 3.8) is 0 Å². The summed E-state index contributed by atoms with van der Waals surface area (Å²) in [4.78, 5) is 0. The van der Waals surface area contributed by atoms with Crippen LogP contribution in [0.3, 0.4) is 0 Å². The molecule has 0 aromatic heterocycles. The fourth-order valence-corrected chi connectivity index (χ4v) is 3.99. The van der Waals surface area contributed by atoms with Gasteiger partial charge in [0.25, 0.3) is 0 Å². The minimum absolute atomic E-state index is 0.00513. The van der Waals surface area contributed by atoms with Crippen molar-refractivity contribution in [3.05, 3.63) is 87.7 Å². The number of ether oxygens (including phenoxy) is 2. The summed E-state index contributed by atoms with van der Waals surface area (Å²) in [6.45, 7) is 2.58. The number of allylic oxidation sites excluding steroid dienone is 7. The monoisotopic (exact) mass is 302 g/mol. The molecule has 0 spiro atoms. The SMILES string of the molecule is CC1=C(CC2C=Cc3ccccc32)C2=CC3OCOC3=CC2=C1. The van der Waals surface area contributed by atoms with Gasteiger partial charge in [0.15, 0.2) is 6.79 Å². The Morgan fingerprint density at radius 3 is 3.04 bits per heavy atom. The Hall–Kier alpha value is -2.32. The number of benzene rings is 1. The third-order valence-electron chi connectivity index (χ3n) is 5.18. The average molecular weight is 302 g/mol. The molecule has 0 bridgehead atoms. The van der Waals surface area contributed by atoms with Crippen LogP contribution in [0.15, 0.2) is 76.6 Å². The molecular weight excluding hydrogens is 284 g/mol. The molecular formula is C21H18O2. The Morgan fingerprint density at radius 2 is 2.09 bits per heavy atom. The van der Waals surface area contributed by atoms with Gasteiger partial charge in [-0.15, -0.1) is 0 Å². The predicted octanol–water partition coefficient (Wildman–Crippen LogP) is 4.64. The lowest BCUT2D eigenvalue weighted by Gasteiger charge is -2.19. The van der Waals surface area contributed by atoms with Crippen molar-refractivity contribution in [2.45, 2.75) is 25.4 Å². The van der Waals surface area contributed by atoms with Crippen molar-refractivity contribution in [3.8, 4) is 0 Å². The van der Waals surface area contributed by atoms with E-state index < -0.39 is 0 Å². The lowest BCUT2D eigenvalue weighted by atomic mass is 9.87. The lowest BCUT2D eigenvalue weighted by Crippen LogP contribution is -2.11. The zero-order chi connectivity index (χ0) is 15.4. The van der Waals surface area contributed by atoms with Crippen LogP contribution in [0.1, 0.15) is 30.4 Å². The van der Waals surface area contributed by atoms with Gasteiger partial charge >= 0.3 is 0 Å². The van der Waals surface area contributed by atoms with Gasteiger partial charge in [-0.25, -0.2) is 0 Å². The zero-order valence-corrected chi connectivity index (χ0v) is 13.1. The van der Waals surface area contributed by atoms with Crippen LogP contribution in [-0.4, -0.2) is 12.9 Å². The smallest absolute Gasteiger partial charge is 0.189 e. The molecule has 1 heterocycles. The van der Waals surface area contributed by atoms with Crippen LogP contribution in [0, 0.1) is 0 Å². The molecule has 1 fully saturated rings.